The Kier molecular flexibility index (Phi) is 3.96. The Labute approximate surface area is 115 Å². The molecule has 2 rings (SSSR count). The van der Waals surface area contributed by atoms with Gasteiger partial charge in [-0.2, -0.15) is 0 Å². The molecule has 0 amide bonds. The molecule has 1 aromatic rings. The quantitative estimate of drug-likeness (QED) is 0.917. The molecule has 1 aliphatic rings. The molecule has 0 spiro atoms. The van der Waals surface area contributed by atoms with Gasteiger partial charge in [0.25, 0.3) is 0 Å². The Morgan fingerprint density at radius 3 is 2.56 bits per heavy atom. The third-order valence-electron chi connectivity index (χ3n) is 3.26. The Balaban J connectivity index is 2.26. The van der Waals surface area contributed by atoms with Crippen molar-refractivity contribution in [3.63, 3.8) is 0 Å². The highest BCUT2D eigenvalue weighted by Gasteiger charge is 2.29. The summed E-state index contributed by atoms with van der Waals surface area (Å²) in [6.45, 7) is 1.75. The van der Waals surface area contributed by atoms with Gasteiger partial charge in [0, 0.05) is 0 Å². The van der Waals surface area contributed by atoms with Gasteiger partial charge in [-0.05, 0) is 53.4 Å². The predicted molar refractivity (Wildman–Crippen MR) is 73.6 cm³/mol. The van der Waals surface area contributed by atoms with Crippen molar-refractivity contribution in [1.29, 1.82) is 0 Å². The van der Waals surface area contributed by atoms with E-state index in [1.807, 2.05) is 0 Å². The molecule has 6 heteroatoms. The third kappa shape index (κ3) is 2.85. The van der Waals surface area contributed by atoms with Crippen LogP contribution in [0.2, 0.25) is 0 Å². The zero-order valence-corrected chi connectivity index (χ0v) is 12.4. The van der Waals surface area contributed by atoms with Crippen molar-refractivity contribution in [1.82, 2.24) is 0 Å². The largest absolute Gasteiger partial charge is 0.283 e. The molecule has 18 heavy (non-hydrogen) atoms. The van der Waals surface area contributed by atoms with Crippen molar-refractivity contribution >= 4 is 31.6 Å². The van der Waals surface area contributed by atoms with Gasteiger partial charge in [-0.1, -0.05) is 12.8 Å². The lowest BCUT2D eigenvalue weighted by atomic mass is 10.2. The fourth-order valence-electron chi connectivity index (χ4n) is 2.19. The highest BCUT2D eigenvalue weighted by atomic mass is 79.9. The van der Waals surface area contributed by atoms with Gasteiger partial charge in [0.05, 0.1) is 15.4 Å². The predicted octanol–water partition coefficient (Wildman–Crippen LogP) is 3.58. The molecule has 3 nitrogen and oxygen atoms in total. The number of anilines is 1. The second-order valence-corrected chi connectivity index (χ2v) is 7.45. The van der Waals surface area contributed by atoms with Crippen LogP contribution >= 0.6 is 15.9 Å². The second kappa shape index (κ2) is 5.17. The van der Waals surface area contributed by atoms with Crippen molar-refractivity contribution in [2.24, 2.45) is 0 Å². The van der Waals surface area contributed by atoms with E-state index in [2.05, 4.69) is 20.7 Å². The first-order valence-electron chi connectivity index (χ1n) is 5.87. The molecule has 1 saturated carbocycles. The minimum absolute atomic E-state index is 0.322. The van der Waals surface area contributed by atoms with Crippen molar-refractivity contribution in [2.75, 3.05) is 4.72 Å². The highest BCUT2D eigenvalue weighted by Crippen LogP contribution is 2.29. The Hall–Kier alpha value is -0.620. The summed E-state index contributed by atoms with van der Waals surface area (Å²) in [5, 5.41) is -0.344. The van der Waals surface area contributed by atoms with Gasteiger partial charge in [0.15, 0.2) is 0 Å². The molecule has 0 atom stereocenters. The van der Waals surface area contributed by atoms with Crippen molar-refractivity contribution < 1.29 is 12.8 Å². The third-order valence-corrected chi connectivity index (χ3v) is 5.72. The van der Waals surface area contributed by atoms with Crippen LogP contribution in [0.1, 0.15) is 31.2 Å². The Bertz CT molecular complexity index is 553. The lowest BCUT2D eigenvalue weighted by Gasteiger charge is -2.15. The Morgan fingerprint density at radius 1 is 1.33 bits per heavy atom. The normalized spacial score (nSPS) is 17.1. The van der Waals surface area contributed by atoms with E-state index in [0.29, 0.717) is 28.6 Å². The van der Waals surface area contributed by atoms with E-state index in [-0.39, 0.29) is 5.25 Å². The molecule has 0 radical (unpaired) electrons. The van der Waals surface area contributed by atoms with Gasteiger partial charge in [-0.15, -0.1) is 0 Å². The van der Waals surface area contributed by atoms with Crippen LogP contribution < -0.4 is 4.72 Å². The van der Waals surface area contributed by atoms with E-state index in [4.69, 9.17) is 0 Å². The molecule has 1 aliphatic carbocycles. The molecular weight excluding hydrogens is 321 g/mol. The number of halogens is 2. The number of sulfonamides is 1. The summed E-state index contributed by atoms with van der Waals surface area (Å²) < 4.78 is 40.5. The summed E-state index contributed by atoms with van der Waals surface area (Å²) in [4.78, 5) is 0. The topological polar surface area (TPSA) is 46.2 Å². The minimum Gasteiger partial charge on any atom is -0.283 e. The molecule has 1 aromatic carbocycles. The van der Waals surface area contributed by atoms with Crippen molar-refractivity contribution in [3.05, 3.63) is 28.0 Å². The van der Waals surface area contributed by atoms with Crippen LogP contribution in [0.5, 0.6) is 0 Å². The van der Waals surface area contributed by atoms with Crippen LogP contribution in [0.25, 0.3) is 0 Å². The zero-order chi connectivity index (χ0) is 13.3. The number of hydrogen-bond donors (Lipinski definition) is 1. The SMILES string of the molecule is Cc1cc(Br)c(F)cc1NS(=O)(=O)C1CCCC1. The van der Waals surface area contributed by atoms with E-state index in [1.54, 1.807) is 13.0 Å². The van der Waals surface area contributed by atoms with Crippen LogP contribution in [0.15, 0.2) is 16.6 Å². The first kappa shape index (κ1) is 13.8. The van der Waals surface area contributed by atoms with Crippen LogP contribution in [0, 0.1) is 12.7 Å². The van der Waals surface area contributed by atoms with Crippen LogP contribution in [-0.4, -0.2) is 13.7 Å². The fraction of sp³-hybridized carbons (Fsp3) is 0.500. The summed E-state index contributed by atoms with van der Waals surface area (Å²) in [6.07, 6.45) is 3.26. The van der Waals surface area contributed by atoms with Gasteiger partial charge < -0.3 is 0 Å². The maximum Gasteiger partial charge on any atom is 0.235 e. The summed E-state index contributed by atoms with van der Waals surface area (Å²) in [5.74, 6) is -0.468. The smallest absolute Gasteiger partial charge is 0.235 e. The lowest BCUT2D eigenvalue weighted by molar-refractivity contribution is 0.585. The van der Waals surface area contributed by atoms with Gasteiger partial charge in [0.2, 0.25) is 10.0 Å². The average Bonchev–Trinajstić information content (AvgIpc) is 2.79. The Morgan fingerprint density at radius 2 is 1.94 bits per heavy atom. The number of rotatable bonds is 3. The lowest BCUT2D eigenvalue weighted by Crippen LogP contribution is -2.25. The van der Waals surface area contributed by atoms with Gasteiger partial charge in [-0.25, -0.2) is 12.8 Å². The average molecular weight is 336 g/mol. The molecule has 0 bridgehead atoms. The van der Waals surface area contributed by atoms with E-state index in [1.165, 1.54) is 6.07 Å². The minimum atomic E-state index is -3.40. The molecule has 0 aliphatic heterocycles. The van der Waals surface area contributed by atoms with Crippen molar-refractivity contribution in [2.45, 2.75) is 37.9 Å². The molecular formula is C12H15BrFNO2S. The second-order valence-electron chi connectivity index (χ2n) is 4.63. The first-order valence-corrected chi connectivity index (χ1v) is 8.21. The van der Waals surface area contributed by atoms with Gasteiger partial charge in [-0.3, -0.25) is 4.72 Å². The molecule has 1 fully saturated rings. The molecule has 0 heterocycles. The molecule has 0 saturated heterocycles. The first-order chi connectivity index (χ1) is 8.40. The summed E-state index contributed by atoms with van der Waals surface area (Å²) in [7, 11) is -3.40. The number of hydrogen-bond acceptors (Lipinski definition) is 2. The monoisotopic (exact) mass is 335 g/mol. The van der Waals surface area contributed by atoms with Gasteiger partial charge in [0.1, 0.15) is 5.82 Å². The zero-order valence-electron chi connectivity index (χ0n) is 10.0. The summed E-state index contributed by atoms with van der Waals surface area (Å²) in [6, 6.07) is 2.79. The number of benzene rings is 1. The van der Waals surface area contributed by atoms with Crippen molar-refractivity contribution in [3.8, 4) is 0 Å². The van der Waals surface area contributed by atoms with E-state index in [9.17, 15) is 12.8 Å². The molecule has 100 valence electrons. The molecule has 0 aromatic heterocycles. The molecule has 0 unspecified atom stereocenters. The maximum atomic E-state index is 13.4. The van der Waals surface area contributed by atoms with E-state index < -0.39 is 15.8 Å². The standard InChI is InChI=1S/C12H15BrFNO2S/c1-8-6-10(13)11(14)7-12(8)15-18(16,17)9-4-2-3-5-9/h6-7,9,15H,2-5H2,1H3. The van der Waals surface area contributed by atoms with Crippen LogP contribution in [-0.2, 0) is 10.0 Å². The van der Waals surface area contributed by atoms with E-state index >= 15 is 0 Å². The summed E-state index contributed by atoms with van der Waals surface area (Å²) in [5.41, 5.74) is 1.02. The highest BCUT2D eigenvalue weighted by molar-refractivity contribution is 9.10. The van der Waals surface area contributed by atoms with Gasteiger partial charge >= 0.3 is 0 Å². The van der Waals surface area contributed by atoms with Crippen LogP contribution in [0.4, 0.5) is 10.1 Å². The number of aryl methyl sites for hydroxylation is 1. The fourth-order valence-corrected chi connectivity index (χ4v) is 4.30. The maximum absolute atomic E-state index is 13.4. The summed E-state index contributed by atoms with van der Waals surface area (Å²) >= 11 is 3.07. The number of nitrogens with one attached hydrogen (secondary N) is 1. The molecule has 1 N–H and O–H groups in total. The van der Waals surface area contributed by atoms with E-state index in [0.717, 1.165) is 12.8 Å². The van der Waals surface area contributed by atoms with Crippen LogP contribution in [0.3, 0.4) is 0 Å².